The van der Waals surface area contributed by atoms with Crippen molar-refractivity contribution in [3.63, 3.8) is 0 Å². The summed E-state index contributed by atoms with van der Waals surface area (Å²) in [6.45, 7) is 7.07. The Morgan fingerprint density at radius 3 is 2.79 bits per heavy atom. The molecule has 6 nitrogen and oxygen atoms in total. The summed E-state index contributed by atoms with van der Waals surface area (Å²) in [4.78, 5) is 30.5. The van der Waals surface area contributed by atoms with E-state index in [1.165, 1.54) is 18.1 Å². The summed E-state index contributed by atoms with van der Waals surface area (Å²) in [5, 5.41) is 0.899. The van der Waals surface area contributed by atoms with E-state index >= 15 is 0 Å². The Morgan fingerprint density at radius 1 is 1.24 bits per heavy atom. The fourth-order valence-corrected chi connectivity index (χ4v) is 8.24. The van der Waals surface area contributed by atoms with E-state index in [1.54, 1.807) is 12.1 Å². The van der Waals surface area contributed by atoms with Crippen LogP contribution in [-0.4, -0.2) is 65.6 Å². The van der Waals surface area contributed by atoms with Gasteiger partial charge >= 0.3 is 5.97 Å². The molecule has 6 rings (SSSR count). The SMILES string of the molecule is C=CCN1CC[C@]23c4c5cccc4O[C@H]2[C@H](N(C)C(=O)Cc2ccc(Cl)c(Cl)c2)CC[C@@]3(OC(C)=O)[C@H]1C5. The predicted octanol–water partition coefficient (Wildman–Crippen LogP) is 4.97. The van der Waals surface area contributed by atoms with Crippen molar-refractivity contribution < 1.29 is 19.1 Å². The number of piperidine rings is 1. The first-order chi connectivity index (χ1) is 18.2. The number of hydrogen-bond donors (Lipinski definition) is 0. The Hall–Kier alpha value is -2.54. The van der Waals surface area contributed by atoms with Crippen LogP contribution in [0.5, 0.6) is 5.75 Å². The number of halogens is 2. The summed E-state index contributed by atoms with van der Waals surface area (Å²) in [5.74, 6) is 0.571. The van der Waals surface area contributed by atoms with Crippen LogP contribution in [0.3, 0.4) is 0 Å². The molecule has 2 heterocycles. The molecule has 38 heavy (non-hydrogen) atoms. The number of hydrogen-bond acceptors (Lipinski definition) is 5. The Bertz CT molecular complexity index is 1330. The van der Waals surface area contributed by atoms with Gasteiger partial charge in [-0.3, -0.25) is 14.5 Å². The summed E-state index contributed by atoms with van der Waals surface area (Å²) in [5.41, 5.74) is 1.99. The van der Waals surface area contributed by atoms with Gasteiger partial charge in [0, 0.05) is 32.6 Å². The molecule has 2 aromatic carbocycles. The van der Waals surface area contributed by atoms with Gasteiger partial charge in [-0.1, -0.05) is 47.5 Å². The van der Waals surface area contributed by atoms with Crippen molar-refractivity contribution in [1.29, 1.82) is 0 Å². The normalized spacial score (nSPS) is 30.7. The summed E-state index contributed by atoms with van der Waals surface area (Å²) in [7, 11) is 1.86. The second-order valence-electron chi connectivity index (χ2n) is 11.1. The maximum atomic E-state index is 13.6. The highest BCUT2D eigenvalue weighted by molar-refractivity contribution is 6.42. The highest BCUT2D eigenvalue weighted by Gasteiger charge is 2.75. The fraction of sp³-hybridized carbons (Fsp3) is 0.467. The molecule has 2 aliphatic carbocycles. The largest absolute Gasteiger partial charge is 0.487 e. The lowest BCUT2D eigenvalue weighted by Crippen LogP contribution is -2.79. The Kier molecular flexibility index (Phi) is 6.29. The van der Waals surface area contributed by atoms with E-state index in [2.05, 4.69) is 17.5 Å². The molecule has 0 N–H and O–H groups in total. The minimum Gasteiger partial charge on any atom is -0.487 e. The lowest BCUT2D eigenvalue weighted by atomic mass is 9.48. The molecule has 0 radical (unpaired) electrons. The molecule has 2 aromatic rings. The summed E-state index contributed by atoms with van der Waals surface area (Å²) >= 11 is 12.3. The number of benzene rings is 2. The monoisotopic (exact) mass is 554 g/mol. The minimum absolute atomic E-state index is 0.0130. The number of ether oxygens (including phenoxy) is 2. The van der Waals surface area contributed by atoms with E-state index in [1.807, 2.05) is 36.2 Å². The molecule has 8 heteroatoms. The second-order valence-corrected chi connectivity index (χ2v) is 11.9. The van der Waals surface area contributed by atoms with Crippen LogP contribution in [0.25, 0.3) is 0 Å². The summed E-state index contributed by atoms with van der Waals surface area (Å²) < 4.78 is 13.2. The lowest BCUT2D eigenvalue weighted by Gasteiger charge is -2.65. The van der Waals surface area contributed by atoms with E-state index in [4.69, 9.17) is 32.7 Å². The number of esters is 1. The van der Waals surface area contributed by atoms with Crippen LogP contribution >= 0.6 is 23.2 Å². The summed E-state index contributed by atoms with van der Waals surface area (Å²) in [6.07, 6.45) is 4.73. The van der Waals surface area contributed by atoms with Crippen molar-refractivity contribution in [2.24, 2.45) is 0 Å². The molecule has 4 aliphatic rings. The van der Waals surface area contributed by atoms with Crippen molar-refractivity contribution in [2.45, 2.75) is 68.2 Å². The van der Waals surface area contributed by atoms with Crippen molar-refractivity contribution in [2.75, 3.05) is 20.1 Å². The van der Waals surface area contributed by atoms with Crippen LogP contribution in [0.1, 0.15) is 42.9 Å². The van der Waals surface area contributed by atoms with Crippen LogP contribution in [-0.2, 0) is 32.6 Å². The molecule has 2 aliphatic heterocycles. The molecule has 1 spiro atoms. The van der Waals surface area contributed by atoms with Crippen LogP contribution < -0.4 is 4.74 Å². The van der Waals surface area contributed by atoms with Gasteiger partial charge in [0.15, 0.2) is 0 Å². The van der Waals surface area contributed by atoms with Gasteiger partial charge < -0.3 is 14.4 Å². The highest BCUT2D eigenvalue weighted by Crippen LogP contribution is 2.65. The predicted molar refractivity (Wildman–Crippen MR) is 147 cm³/mol. The van der Waals surface area contributed by atoms with Gasteiger partial charge in [0.05, 0.1) is 34.0 Å². The molecule has 0 unspecified atom stereocenters. The molecule has 2 fully saturated rings. The van der Waals surface area contributed by atoms with Crippen LogP contribution in [0.2, 0.25) is 10.0 Å². The van der Waals surface area contributed by atoms with Crippen molar-refractivity contribution in [3.05, 3.63) is 75.8 Å². The average molecular weight is 556 g/mol. The van der Waals surface area contributed by atoms with Crippen molar-refractivity contribution in [1.82, 2.24) is 9.80 Å². The maximum Gasteiger partial charge on any atom is 0.303 e. The number of carbonyl (C=O) groups excluding carboxylic acids is 2. The third kappa shape index (κ3) is 3.56. The number of rotatable bonds is 6. The van der Waals surface area contributed by atoms with Crippen LogP contribution in [0, 0.1) is 0 Å². The Balaban J connectivity index is 1.41. The van der Waals surface area contributed by atoms with Crippen LogP contribution in [0.15, 0.2) is 49.1 Å². The maximum absolute atomic E-state index is 13.6. The highest BCUT2D eigenvalue weighted by atomic mass is 35.5. The number of likely N-dealkylation sites (N-methyl/N-ethyl adjacent to an activating group) is 1. The van der Waals surface area contributed by atoms with Gasteiger partial charge in [-0.15, -0.1) is 6.58 Å². The fourth-order valence-electron chi connectivity index (χ4n) is 7.92. The molecule has 1 amide bonds. The van der Waals surface area contributed by atoms with E-state index in [9.17, 15) is 9.59 Å². The van der Waals surface area contributed by atoms with Gasteiger partial charge in [-0.05, 0) is 55.0 Å². The number of carbonyl (C=O) groups is 2. The van der Waals surface area contributed by atoms with E-state index in [0.717, 1.165) is 37.2 Å². The smallest absolute Gasteiger partial charge is 0.303 e. The van der Waals surface area contributed by atoms with E-state index in [0.29, 0.717) is 22.9 Å². The van der Waals surface area contributed by atoms with E-state index < -0.39 is 11.0 Å². The first kappa shape index (κ1) is 25.7. The Labute approximate surface area is 233 Å². The van der Waals surface area contributed by atoms with E-state index in [-0.39, 0.29) is 36.5 Å². The zero-order valence-electron chi connectivity index (χ0n) is 21.7. The number of likely N-dealkylation sites (tertiary alicyclic amines) is 1. The van der Waals surface area contributed by atoms with Crippen molar-refractivity contribution in [3.8, 4) is 5.75 Å². The topological polar surface area (TPSA) is 59.1 Å². The molecule has 0 aromatic heterocycles. The third-order valence-corrected chi connectivity index (χ3v) is 10.1. The molecule has 5 atom stereocenters. The van der Waals surface area contributed by atoms with Gasteiger partial charge in [-0.2, -0.15) is 0 Å². The standard InChI is InChI=1S/C30H32Cl2N2O4/c1-4-13-34-14-12-29-27-20-6-5-7-24(27)37-28(29)23(10-11-30(29,25(34)17-20)38-18(2)35)33(3)26(36)16-19-8-9-21(31)22(32)15-19/h4-9,15,23,25,28H,1,10-14,16-17H2,2-3H3/t23-,25-,28+,29+,30-/m1/s1. The van der Waals surface area contributed by atoms with Crippen molar-refractivity contribution >= 4 is 35.1 Å². The first-order valence-electron chi connectivity index (χ1n) is 13.2. The molecule has 2 bridgehead atoms. The number of nitrogens with zero attached hydrogens (tertiary/aromatic N) is 2. The molecule has 1 saturated carbocycles. The first-order valence-corrected chi connectivity index (χ1v) is 14.0. The zero-order valence-corrected chi connectivity index (χ0v) is 23.2. The van der Waals surface area contributed by atoms with Gasteiger partial charge in [0.2, 0.25) is 5.91 Å². The van der Waals surface area contributed by atoms with Gasteiger partial charge in [0.1, 0.15) is 17.5 Å². The second kappa shape index (κ2) is 9.29. The molecule has 200 valence electrons. The quantitative estimate of drug-likeness (QED) is 0.372. The minimum atomic E-state index is -0.728. The average Bonchev–Trinajstić information content (AvgIpc) is 3.22. The molecule has 1 saturated heterocycles. The lowest BCUT2D eigenvalue weighted by molar-refractivity contribution is -0.222. The Morgan fingerprint density at radius 2 is 2.05 bits per heavy atom. The van der Waals surface area contributed by atoms with Gasteiger partial charge in [-0.25, -0.2) is 0 Å². The van der Waals surface area contributed by atoms with Gasteiger partial charge in [0.25, 0.3) is 0 Å². The molecular weight excluding hydrogens is 523 g/mol. The number of amides is 1. The van der Waals surface area contributed by atoms with Crippen LogP contribution in [0.4, 0.5) is 0 Å². The zero-order chi connectivity index (χ0) is 26.8. The molecular formula is C30H32Cl2N2O4. The third-order valence-electron chi connectivity index (χ3n) is 9.32. The summed E-state index contributed by atoms with van der Waals surface area (Å²) in [6, 6.07) is 11.4.